The maximum atomic E-state index is 13.5. The maximum Gasteiger partial charge on any atom is 0.224 e. The first kappa shape index (κ1) is 12.2. The molecule has 0 spiro atoms. The first-order chi connectivity index (χ1) is 8.60. The number of nitrogens with one attached hydrogen (secondary N) is 2. The summed E-state index contributed by atoms with van der Waals surface area (Å²) >= 11 is 0. The van der Waals surface area contributed by atoms with Gasteiger partial charge in [0.1, 0.15) is 17.5 Å². The van der Waals surface area contributed by atoms with Crippen LogP contribution in [-0.4, -0.2) is 17.0 Å². The summed E-state index contributed by atoms with van der Waals surface area (Å²) in [7, 11) is 1.69. The van der Waals surface area contributed by atoms with Crippen molar-refractivity contribution in [3.8, 4) is 0 Å². The highest BCUT2D eigenvalue weighted by Crippen LogP contribution is 2.22. The number of halogens is 2. The van der Waals surface area contributed by atoms with Crippen molar-refractivity contribution in [1.82, 2.24) is 9.97 Å². The normalized spacial score (nSPS) is 10.2. The van der Waals surface area contributed by atoms with Gasteiger partial charge in [-0.1, -0.05) is 0 Å². The van der Waals surface area contributed by atoms with Gasteiger partial charge in [-0.05, 0) is 19.1 Å². The van der Waals surface area contributed by atoms with Crippen LogP contribution in [0.25, 0.3) is 0 Å². The highest BCUT2D eigenvalue weighted by Gasteiger charge is 2.07. The Labute approximate surface area is 103 Å². The predicted octanol–water partition coefficient (Wildman–Crippen LogP) is 2.85. The summed E-state index contributed by atoms with van der Waals surface area (Å²) in [5.41, 5.74) is 0.929. The summed E-state index contributed by atoms with van der Waals surface area (Å²) < 4.78 is 26.3. The summed E-state index contributed by atoms with van der Waals surface area (Å²) in [6.07, 6.45) is 1.61. The number of aryl methyl sites for hydroxylation is 1. The second kappa shape index (κ2) is 4.95. The fourth-order valence-electron chi connectivity index (χ4n) is 1.41. The van der Waals surface area contributed by atoms with E-state index in [4.69, 9.17) is 0 Å². The molecule has 0 atom stereocenters. The molecular weight excluding hydrogens is 238 g/mol. The monoisotopic (exact) mass is 250 g/mol. The Morgan fingerprint density at radius 1 is 1.22 bits per heavy atom. The standard InChI is InChI=1S/C12H12F2N4/c1-7-6-16-12(15-2)18-11(7)17-10-4-3-8(13)5-9(10)14/h3-6H,1-2H3,(H2,15,16,17,18). The van der Waals surface area contributed by atoms with E-state index in [0.717, 1.165) is 11.6 Å². The highest BCUT2D eigenvalue weighted by atomic mass is 19.1. The predicted molar refractivity (Wildman–Crippen MR) is 66.0 cm³/mol. The van der Waals surface area contributed by atoms with Crippen LogP contribution >= 0.6 is 0 Å². The third-order valence-corrected chi connectivity index (χ3v) is 2.38. The number of hydrogen-bond acceptors (Lipinski definition) is 4. The van der Waals surface area contributed by atoms with E-state index < -0.39 is 11.6 Å². The van der Waals surface area contributed by atoms with Crippen LogP contribution in [0.5, 0.6) is 0 Å². The van der Waals surface area contributed by atoms with Gasteiger partial charge in [0.15, 0.2) is 0 Å². The Hall–Kier alpha value is -2.24. The number of rotatable bonds is 3. The zero-order chi connectivity index (χ0) is 13.1. The van der Waals surface area contributed by atoms with Crippen LogP contribution in [0.15, 0.2) is 24.4 Å². The van der Waals surface area contributed by atoms with Crippen molar-refractivity contribution >= 4 is 17.5 Å². The van der Waals surface area contributed by atoms with E-state index >= 15 is 0 Å². The molecule has 6 heteroatoms. The van der Waals surface area contributed by atoms with Crippen molar-refractivity contribution in [3.63, 3.8) is 0 Å². The Kier molecular flexibility index (Phi) is 3.36. The fourth-order valence-corrected chi connectivity index (χ4v) is 1.41. The van der Waals surface area contributed by atoms with Gasteiger partial charge in [-0.15, -0.1) is 0 Å². The number of hydrogen-bond donors (Lipinski definition) is 2. The van der Waals surface area contributed by atoms with Gasteiger partial charge in [0.2, 0.25) is 5.95 Å². The van der Waals surface area contributed by atoms with Gasteiger partial charge in [0.25, 0.3) is 0 Å². The van der Waals surface area contributed by atoms with Crippen molar-refractivity contribution < 1.29 is 8.78 Å². The molecule has 0 aliphatic rings. The first-order valence-electron chi connectivity index (χ1n) is 5.33. The highest BCUT2D eigenvalue weighted by molar-refractivity contribution is 5.60. The van der Waals surface area contributed by atoms with Gasteiger partial charge < -0.3 is 10.6 Å². The lowest BCUT2D eigenvalue weighted by Crippen LogP contribution is -2.03. The van der Waals surface area contributed by atoms with E-state index in [-0.39, 0.29) is 5.69 Å². The lowest BCUT2D eigenvalue weighted by Gasteiger charge is -2.10. The van der Waals surface area contributed by atoms with E-state index in [1.165, 1.54) is 12.1 Å². The zero-order valence-corrected chi connectivity index (χ0v) is 9.96. The van der Waals surface area contributed by atoms with Gasteiger partial charge in [-0.2, -0.15) is 4.98 Å². The van der Waals surface area contributed by atoms with E-state index in [0.29, 0.717) is 11.8 Å². The van der Waals surface area contributed by atoms with Crippen LogP contribution < -0.4 is 10.6 Å². The average molecular weight is 250 g/mol. The van der Waals surface area contributed by atoms with Gasteiger partial charge in [-0.25, -0.2) is 13.8 Å². The molecule has 0 amide bonds. The number of benzene rings is 1. The van der Waals surface area contributed by atoms with Crippen LogP contribution in [0.3, 0.4) is 0 Å². The van der Waals surface area contributed by atoms with E-state index in [1.807, 2.05) is 0 Å². The minimum atomic E-state index is -0.668. The molecule has 2 aromatic rings. The van der Waals surface area contributed by atoms with Crippen LogP contribution in [0, 0.1) is 18.6 Å². The van der Waals surface area contributed by atoms with E-state index in [9.17, 15) is 8.78 Å². The fraction of sp³-hybridized carbons (Fsp3) is 0.167. The molecule has 0 saturated carbocycles. The minimum absolute atomic E-state index is 0.167. The first-order valence-corrected chi connectivity index (χ1v) is 5.33. The quantitative estimate of drug-likeness (QED) is 0.879. The SMILES string of the molecule is CNc1ncc(C)c(Nc2ccc(F)cc2F)n1. The van der Waals surface area contributed by atoms with Gasteiger partial charge in [0.05, 0.1) is 5.69 Å². The van der Waals surface area contributed by atoms with Crippen LogP contribution in [0.2, 0.25) is 0 Å². The third kappa shape index (κ3) is 2.53. The van der Waals surface area contributed by atoms with Crippen LogP contribution in [0.4, 0.5) is 26.2 Å². The number of anilines is 3. The Morgan fingerprint density at radius 2 is 2.00 bits per heavy atom. The molecule has 4 nitrogen and oxygen atoms in total. The molecule has 2 rings (SSSR count). The van der Waals surface area contributed by atoms with Gasteiger partial charge >= 0.3 is 0 Å². The molecule has 18 heavy (non-hydrogen) atoms. The number of aromatic nitrogens is 2. The summed E-state index contributed by atoms with van der Waals surface area (Å²) in [6.45, 7) is 1.79. The molecule has 0 unspecified atom stereocenters. The van der Waals surface area contributed by atoms with Crippen molar-refractivity contribution in [2.24, 2.45) is 0 Å². The van der Waals surface area contributed by atoms with E-state index in [1.54, 1.807) is 20.2 Å². The summed E-state index contributed by atoms with van der Waals surface area (Å²) in [5.74, 6) is -0.391. The molecule has 0 aliphatic heterocycles. The molecule has 1 aromatic heterocycles. The minimum Gasteiger partial charge on any atom is -0.357 e. The largest absolute Gasteiger partial charge is 0.357 e. The van der Waals surface area contributed by atoms with Crippen LogP contribution in [0.1, 0.15) is 5.56 Å². The zero-order valence-electron chi connectivity index (χ0n) is 9.96. The molecule has 0 radical (unpaired) electrons. The van der Waals surface area contributed by atoms with Crippen molar-refractivity contribution in [2.75, 3.05) is 17.7 Å². The number of nitrogens with zero attached hydrogens (tertiary/aromatic N) is 2. The molecule has 94 valence electrons. The van der Waals surface area contributed by atoms with Gasteiger partial charge in [0, 0.05) is 24.9 Å². The summed E-state index contributed by atoms with van der Waals surface area (Å²) in [4.78, 5) is 8.18. The van der Waals surface area contributed by atoms with Crippen molar-refractivity contribution in [2.45, 2.75) is 6.92 Å². The van der Waals surface area contributed by atoms with Crippen molar-refractivity contribution in [3.05, 3.63) is 41.6 Å². The molecule has 0 saturated heterocycles. The molecule has 0 fully saturated rings. The lowest BCUT2D eigenvalue weighted by atomic mass is 10.2. The Balaban J connectivity index is 2.33. The molecular formula is C12H12F2N4. The van der Waals surface area contributed by atoms with Crippen molar-refractivity contribution in [1.29, 1.82) is 0 Å². The van der Waals surface area contributed by atoms with Crippen LogP contribution in [-0.2, 0) is 0 Å². The summed E-state index contributed by atoms with van der Waals surface area (Å²) in [6, 6.07) is 3.32. The maximum absolute atomic E-state index is 13.5. The van der Waals surface area contributed by atoms with E-state index in [2.05, 4.69) is 20.6 Å². The average Bonchev–Trinajstić information content (AvgIpc) is 2.35. The topological polar surface area (TPSA) is 49.8 Å². The molecule has 0 bridgehead atoms. The molecule has 0 aliphatic carbocycles. The third-order valence-electron chi connectivity index (χ3n) is 2.38. The Morgan fingerprint density at radius 3 is 2.67 bits per heavy atom. The smallest absolute Gasteiger partial charge is 0.224 e. The second-order valence-electron chi connectivity index (χ2n) is 3.72. The molecule has 1 aromatic carbocycles. The lowest BCUT2D eigenvalue weighted by molar-refractivity contribution is 0.586. The Bertz CT molecular complexity index is 572. The van der Waals surface area contributed by atoms with Gasteiger partial charge in [-0.3, -0.25) is 0 Å². The molecule has 1 heterocycles. The second-order valence-corrected chi connectivity index (χ2v) is 3.72. The molecule has 2 N–H and O–H groups in total. The summed E-state index contributed by atoms with van der Waals surface area (Å²) in [5, 5.41) is 5.60.